The van der Waals surface area contributed by atoms with E-state index < -0.39 is 0 Å². The normalized spacial score (nSPS) is 19.6. The van der Waals surface area contributed by atoms with Gasteiger partial charge < -0.3 is 5.32 Å². The molecule has 108 valence electrons. The first-order chi connectivity index (χ1) is 9.15. The minimum atomic E-state index is 0.405. The van der Waals surface area contributed by atoms with Crippen molar-refractivity contribution in [1.82, 2.24) is 15.1 Å². The summed E-state index contributed by atoms with van der Waals surface area (Å²) in [5.74, 6) is 0.734. The van der Waals surface area contributed by atoms with Crippen molar-refractivity contribution in [3.63, 3.8) is 0 Å². The summed E-state index contributed by atoms with van der Waals surface area (Å²) >= 11 is 3.69. The van der Waals surface area contributed by atoms with Crippen molar-refractivity contribution < 1.29 is 0 Å². The van der Waals surface area contributed by atoms with Gasteiger partial charge >= 0.3 is 0 Å². The molecule has 1 atom stereocenters. The highest BCUT2D eigenvalue weighted by Gasteiger charge is 2.28. The Labute approximate surface area is 125 Å². The molecule has 3 nitrogen and oxygen atoms in total. The van der Waals surface area contributed by atoms with E-state index in [0.29, 0.717) is 12.1 Å². The third kappa shape index (κ3) is 3.40. The molecule has 1 N–H and O–H groups in total. The average molecular weight is 328 g/mol. The first-order valence-corrected chi connectivity index (χ1v) is 8.34. The number of nitrogens with one attached hydrogen (secondary N) is 1. The first-order valence-electron chi connectivity index (χ1n) is 7.55. The van der Waals surface area contributed by atoms with E-state index in [9.17, 15) is 0 Å². The van der Waals surface area contributed by atoms with E-state index in [1.807, 2.05) is 6.20 Å². The first kappa shape index (κ1) is 15.0. The van der Waals surface area contributed by atoms with Gasteiger partial charge in [-0.15, -0.1) is 0 Å². The van der Waals surface area contributed by atoms with Gasteiger partial charge in [0.1, 0.15) is 0 Å². The highest BCUT2D eigenvalue weighted by Crippen LogP contribution is 2.37. The molecular weight excluding hydrogens is 302 g/mol. The fourth-order valence-electron chi connectivity index (χ4n) is 3.29. The van der Waals surface area contributed by atoms with Crippen LogP contribution in [0.3, 0.4) is 0 Å². The molecule has 0 aliphatic heterocycles. The molecule has 1 saturated carbocycles. The SMILES string of the molecule is CNC(c1c(Br)cnn1C(C)C)C1CCCCCC1. The standard InChI is InChI=1S/C15H26BrN3/c1-11(2)19-15(13(16)10-18-19)14(17-3)12-8-6-4-5-7-9-12/h10-12,14,17H,4-9H2,1-3H3. The Morgan fingerprint density at radius 3 is 2.42 bits per heavy atom. The number of halogens is 1. The van der Waals surface area contributed by atoms with Gasteiger partial charge in [-0.25, -0.2) is 0 Å². The third-order valence-corrected chi connectivity index (χ3v) is 4.86. The Hall–Kier alpha value is -0.350. The average Bonchev–Trinajstić information content (AvgIpc) is 2.62. The van der Waals surface area contributed by atoms with Crippen LogP contribution in [0.15, 0.2) is 10.7 Å². The van der Waals surface area contributed by atoms with Crippen molar-refractivity contribution >= 4 is 15.9 Å². The molecule has 1 fully saturated rings. The molecule has 2 rings (SSSR count). The smallest absolute Gasteiger partial charge is 0.0701 e. The second-order valence-corrected chi connectivity index (χ2v) is 6.79. The summed E-state index contributed by atoms with van der Waals surface area (Å²) in [6, 6.07) is 0.820. The van der Waals surface area contributed by atoms with E-state index in [0.717, 1.165) is 10.4 Å². The van der Waals surface area contributed by atoms with Crippen molar-refractivity contribution in [3.05, 3.63) is 16.4 Å². The van der Waals surface area contributed by atoms with Crippen LogP contribution in [0, 0.1) is 5.92 Å². The molecule has 0 spiro atoms. The van der Waals surface area contributed by atoms with E-state index in [1.54, 1.807) is 0 Å². The molecule has 1 heterocycles. The van der Waals surface area contributed by atoms with Crippen LogP contribution in [0.2, 0.25) is 0 Å². The van der Waals surface area contributed by atoms with Gasteiger partial charge in [-0.3, -0.25) is 4.68 Å². The van der Waals surface area contributed by atoms with Crippen LogP contribution in [0.4, 0.5) is 0 Å². The maximum Gasteiger partial charge on any atom is 0.0701 e. The van der Waals surface area contributed by atoms with Gasteiger partial charge in [-0.05, 0) is 55.6 Å². The van der Waals surface area contributed by atoms with Crippen LogP contribution >= 0.6 is 15.9 Å². The lowest BCUT2D eigenvalue weighted by Gasteiger charge is -2.28. The van der Waals surface area contributed by atoms with E-state index in [4.69, 9.17) is 0 Å². The zero-order chi connectivity index (χ0) is 13.8. The zero-order valence-electron chi connectivity index (χ0n) is 12.3. The van der Waals surface area contributed by atoms with Crippen molar-refractivity contribution in [2.75, 3.05) is 7.05 Å². The lowest BCUT2D eigenvalue weighted by atomic mass is 9.89. The largest absolute Gasteiger partial charge is 0.311 e. The van der Waals surface area contributed by atoms with Crippen LogP contribution in [0.25, 0.3) is 0 Å². The quantitative estimate of drug-likeness (QED) is 0.827. The van der Waals surface area contributed by atoms with Gasteiger partial charge in [0.15, 0.2) is 0 Å². The monoisotopic (exact) mass is 327 g/mol. The Kier molecular flexibility index (Phi) is 5.46. The second-order valence-electron chi connectivity index (χ2n) is 5.93. The van der Waals surface area contributed by atoms with Crippen molar-refractivity contribution in [2.24, 2.45) is 5.92 Å². The summed E-state index contributed by atoms with van der Waals surface area (Å²) in [5, 5.41) is 8.08. The molecule has 1 aliphatic rings. The molecule has 0 bridgehead atoms. The molecule has 0 radical (unpaired) electrons. The molecular formula is C15H26BrN3. The van der Waals surface area contributed by atoms with Gasteiger partial charge in [0, 0.05) is 6.04 Å². The molecule has 0 aromatic carbocycles. The second kappa shape index (κ2) is 6.89. The summed E-state index contributed by atoms with van der Waals surface area (Å²) in [4.78, 5) is 0. The molecule has 1 aliphatic carbocycles. The van der Waals surface area contributed by atoms with E-state index in [1.165, 1.54) is 44.2 Å². The summed E-state index contributed by atoms with van der Waals surface area (Å²) in [7, 11) is 2.08. The van der Waals surface area contributed by atoms with Crippen LogP contribution in [-0.2, 0) is 0 Å². The maximum atomic E-state index is 4.53. The maximum absolute atomic E-state index is 4.53. The lowest BCUT2D eigenvalue weighted by molar-refractivity contribution is 0.317. The summed E-state index contributed by atoms with van der Waals surface area (Å²) in [6.07, 6.45) is 10.2. The van der Waals surface area contributed by atoms with Crippen molar-refractivity contribution in [2.45, 2.75) is 64.5 Å². The molecule has 0 saturated heterocycles. The van der Waals surface area contributed by atoms with Gasteiger partial charge in [0.2, 0.25) is 0 Å². The summed E-state index contributed by atoms with van der Waals surface area (Å²) in [5.41, 5.74) is 1.32. The fraction of sp³-hybridized carbons (Fsp3) is 0.800. The highest BCUT2D eigenvalue weighted by atomic mass is 79.9. The van der Waals surface area contributed by atoms with Crippen molar-refractivity contribution in [1.29, 1.82) is 0 Å². The van der Waals surface area contributed by atoms with E-state index in [-0.39, 0.29) is 0 Å². The van der Waals surface area contributed by atoms with Gasteiger partial charge in [-0.1, -0.05) is 25.7 Å². The third-order valence-electron chi connectivity index (χ3n) is 4.25. The van der Waals surface area contributed by atoms with Crippen LogP contribution in [-0.4, -0.2) is 16.8 Å². The Bertz CT molecular complexity index is 392. The van der Waals surface area contributed by atoms with Crippen molar-refractivity contribution in [3.8, 4) is 0 Å². The minimum Gasteiger partial charge on any atom is -0.311 e. The molecule has 1 aromatic rings. The Morgan fingerprint density at radius 1 is 1.26 bits per heavy atom. The number of aromatic nitrogens is 2. The van der Waals surface area contributed by atoms with Crippen LogP contribution < -0.4 is 5.32 Å². The zero-order valence-corrected chi connectivity index (χ0v) is 13.9. The molecule has 1 aromatic heterocycles. The van der Waals surface area contributed by atoms with E-state index >= 15 is 0 Å². The molecule has 1 unspecified atom stereocenters. The van der Waals surface area contributed by atoms with Gasteiger partial charge in [-0.2, -0.15) is 5.10 Å². The molecule has 4 heteroatoms. The summed E-state index contributed by atoms with van der Waals surface area (Å²) in [6.45, 7) is 4.39. The van der Waals surface area contributed by atoms with Crippen LogP contribution in [0.1, 0.15) is 70.2 Å². The fourth-order valence-corrected chi connectivity index (χ4v) is 3.81. The minimum absolute atomic E-state index is 0.405. The number of hydrogen-bond donors (Lipinski definition) is 1. The lowest BCUT2D eigenvalue weighted by Crippen LogP contribution is -2.28. The predicted molar refractivity (Wildman–Crippen MR) is 83.3 cm³/mol. The molecule has 19 heavy (non-hydrogen) atoms. The summed E-state index contributed by atoms with van der Waals surface area (Å²) < 4.78 is 3.31. The Balaban J connectivity index is 2.27. The predicted octanol–water partition coefficient (Wildman–Crippen LogP) is 4.46. The number of nitrogens with zero attached hydrogens (tertiary/aromatic N) is 2. The van der Waals surface area contributed by atoms with E-state index in [2.05, 4.69) is 51.9 Å². The topological polar surface area (TPSA) is 29.9 Å². The number of rotatable bonds is 4. The van der Waals surface area contributed by atoms with Gasteiger partial charge in [0.25, 0.3) is 0 Å². The molecule has 0 amide bonds. The van der Waals surface area contributed by atoms with Crippen LogP contribution in [0.5, 0.6) is 0 Å². The highest BCUT2D eigenvalue weighted by molar-refractivity contribution is 9.10. The van der Waals surface area contributed by atoms with Gasteiger partial charge in [0.05, 0.1) is 22.4 Å². The Morgan fingerprint density at radius 2 is 1.89 bits per heavy atom. The number of hydrogen-bond acceptors (Lipinski definition) is 2.